The van der Waals surface area contributed by atoms with Gasteiger partial charge >= 0.3 is 0 Å². The zero-order valence-electron chi connectivity index (χ0n) is 8.91. The second-order valence-electron chi connectivity index (χ2n) is 3.10. The van der Waals surface area contributed by atoms with Gasteiger partial charge in [-0.1, -0.05) is 13.8 Å². The maximum Gasteiger partial charge on any atom is 0.158 e. The maximum atomic E-state index is 5.62. The molecule has 0 aromatic carbocycles. The molecule has 0 bridgehead atoms. The van der Waals surface area contributed by atoms with E-state index in [-0.39, 0.29) is 0 Å². The van der Waals surface area contributed by atoms with Gasteiger partial charge in [0.05, 0.1) is 19.0 Å². The van der Waals surface area contributed by atoms with E-state index in [0.29, 0.717) is 0 Å². The smallest absolute Gasteiger partial charge is 0.158 e. The van der Waals surface area contributed by atoms with Crippen molar-refractivity contribution < 1.29 is 9.47 Å². The fourth-order valence-electron chi connectivity index (χ4n) is 1.08. The van der Waals surface area contributed by atoms with Gasteiger partial charge in [0, 0.05) is 0 Å². The van der Waals surface area contributed by atoms with Gasteiger partial charge in [0.1, 0.15) is 5.76 Å². The molecule has 1 aliphatic heterocycles. The molecule has 1 aliphatic rings. The van der Waals surface area contributed by atoms with Crippen molar-refractivity contribution >= 4 is 11.8 Å². The highest BCUT2D eigenvalue weighted by molar-refractivity contribution is 8.02. The Balaban J connectivity index is 2.51. The number of rotatable bonds is 6. The first-order valence-corrected chi connectivity index (χ1v) is 6.20. The summed E-state index contributed by atoms with van der Waals surface area (Å²) in [6.07, 6.45) is 4.07. The summed E-state index contributed by atoms with van der Waals surface area (Å²) in [5.41, 5.74) is 0. The van der Waals surface area contributed by atoms with E-state index in [0.717, 1.165) is 43.3 Å². The fourth-order valence-corrected chi connectivity index (χ4v) is 1.77. The quantitative estimate of drug-likeness (QED) is 0.676. The summed E-state index contributed by atoms with van der Waals surface area (Å²) in [5, 5.41) is 2.06. The van der Waals surface area contributed by atoms with Crippen LogP contribution in [0.25, 0.3) is 0 Å². The average Bonchev–Trinajstić information content (AvgIpc) is 2.24. The van der Waals surface area contributed by atoms with Crippen LogP contribution in [0.1, 0.15) is 26.7 Å². The van der Waals surface area contributed by atoms with Crippen LogP contribution in [-0.2, 0) is 9.47 Å². The van der Waals surface area contributed by atoms with Crippen molar-refractivity contribution in [2.45, 2.75) is 26.7 Å². The Morgan fingerprint density at radius 1 is 1.21 bits per heavy atom. The lowest BCUT2D eigenvalue weighted by Crippen LogP contribution is -2.06. The van der Waals surface area contributed by atoms with Gasteiger partial charge < -0.3 is 9.47 Å². The minimum Gasteiger partial charge on any atom is -0.493 e. The predicted octanol–water partition coefficient (Wildman–Crippen LogP) is 3.31. The Morgan fingerprint density at radius 3 is 2.64 bits per heavy atom. The van der Waals surface area contributed by atoms with E-state index in [4.69, 9.17) is 9.47 Å². The van der Waals surface area contributed by atoms with Crippen LogP contribution in [0.4, 0.5) is 0 Å². The van der Waals surface area contributed by atoms with Gasteiger partial charge in [-0.15, -0.1) is 11.8 Å². The molecule has 0 saturated heterocycles. The standard InChI is InChI=1S/C11H18O2S/c1-3-6-12-10-5-8-14-9-11(10)13-7-4-2/h5,8H,3-4,6-7,9H2,1-2H3. The molecule has 0 fully saturated rings. The van der Waals surface area contributed by atoms with Crippen molar-refractivity contribution in [2.24, 2.45) is 0 Å². The number of hydrogen-bond donors (Lipinski definition) is 0. The molecule has 0 atom stereocenters. The summed E-state index contributed by atoms with van der Waals surface area (Å²) in [6.45, 7) is 5.76. The van der Waals surface area contributed by atoms with Crippen LogP contribution in [0.15, 0.2) is 23.0 Å². The highest BCUT2D eigenvalue weighted by atomic mass is 32.2. The van der Waals surface area contributed by atoms with Crippen molar-refractivity contribution in [1.82, 2.24) is 0 Å². The van der Waals surface area contributed by atoms with Crippen molar-refractivity contribution in [3.63, 3.8) is 0 Å². The molecule has 0 amide bonds. The van der Waals surface area contributed by atoms with Crippen molar-refractivity contribution in [2.75, 3.05) is 19.0 Å². The highest BCUT2D eigenvalue weighted by Gasteiger charge is 2.10. The molecule has 80 valence electrons. The van der Waals surface area contributed by atoms with Gasteiger partial charge in [-0.2, -0.15) is 0 Å². The zero-order valence-corrected chi connectivity index (χ0v) is 9.73. The second kappa shape index (κ2) is 6.82. The molecular weight excluding hydrogens is 196 g/mol. The molecule has 1 rings (SSSR count). The highest BCUT2D eigenvalue weighted by Crippen LogP contribution is 2.23. The van der Waals surface area contributed by atoms with E-state index in [1.807, 2.05) is 6.08 Å². The second-order valence-corrected chi connectivity index (χ2v) is 3.99. The van der Waals surface area contributed by atoms with E-state index in [2.05, 4.69) is 19.3 Å². The Bertz CT molecular complexity index is 221. The van der Waals surface area contributed by atoms with E-state index in [1.54, 1.807) is 11.8 Å². The molecular formula is C11H18O2S. The number of allylic oxidation sites excluding steroid dienone is 1. The first kappa shape index (κ1) is 11.5. The van der Waals surface area contributed by atoms with E-state index < -0.39 is 0 Å². The largest absolute Gasteiger partial charge is 0.493 e. The minimum absolute atomic E-state index is 0.767. The Kier molecular flexibility index (Phi) is 5.60. The Morgan fingerprint density at radius 2 is 1.93 bits per heavy atom. The molecule has 0 N–H and O–H groups in total. The molecule has 3 heteroatoms. The number of thioether (sulfide) groups is 1. The predicted molar refractivity (Wildman–Crippen MR) is 61.1 cm³/mol. The minimum atomic E-state index is 0.767. The summed E-state index contributed by atoms with van der Waals surface area (Å²) in [6, 6.07) is 0. The lowest BCUT2D eigenvalue weighted by Gasteiger charge is -2.16. The number of hydrogen-bond acceptors (Lipinski definition) is 3. The molecule has 0 radical (unpaired) electrons. The topological polar surface area (TPSA) is 18.5 Å². The van der Waals surface area contributed by atoms with E-state index in [9.17, 15) is 0 Å². The Labute approximate surface area is 90.4 Å². The molecule has 0 spiro atoms. The molecule has 0 saturated carbocycles. The van der Waals surface area contributed by atoms with Crippen molar-refractivity contribution in [1.29, 1.82) is 0 Å². The van der Waals surface area contributed by atoms with Gasteiger partial charge in [0.25, 0.3) is 0 Å². The van der Waals surface area contributed by atoms with Crippen LogP contribution >= 0.6 is 11.8 Å². The van der Waals surface area contributed by atoms with Gasteiger partial charge in [-0.05, 0) is 24.3 Å². The van der Waals surface area contributed by atoms with Crippen molar-refractivity contribution in [3.8, 4) is 0 Å². The van der Waals surface area contributed by atoms with Crippen molar-refractivity contribution in [3.05, 3.63) is 23.0 Å². The molecule has 0 aromatic heterocycles. The Hall–Kier alpha value is -0.570. The first-order valence-electron chi connectivity index (χ1n) is 5.15. The SMILES string of the molecule is CCCOC1=C(OCCC)CSC=C1. The van der Waals surface area contributed by atoms with Crippen LogP contribution < -0.4 is 0 Å². The lowest BCUT2D eigenvalue weighted by atomic mass is 10.4. The average molecular weight is 214 g/mol. The van der Waals surface area contributed by atoms with Crippen LogP contribution in [-0.4, -0.2) is 19.0 Å². The van der Waals surface area contributed by atoms with Gasteiger partial charge in [-0.3, -0.25) is 0 Å². The van der Waals surface area contributed by atoms with Crippen LogP contribution in [0.2, 0.25) is 0 Å². The molecule has 0 aliphatic carbocycles. The maximum absolute atomic E-state index is 5.62. The zero-order chi connectivity index (χ0) is 10.2. The number of ether oxygens (including phenoxy) is 2. The van der Waals surface area contributed by atoms with Crippen LogP contribution in [0, 0.1) is 0 Å². The van der Waals surface area contributed by atoms with Gasteiger partial charge in [-0.25, -0.2) is 0 Å². The van der Waals surface area contributed by atoms with Crippen LogP contribution in [0.3, 0.4) is 0 Å². The third-order valence-corrected chi connectivity index (χ3v) is 2.50. The third kappa shape index (κ3) is 3.66. The van der Waals surface area contributed by atoms with E-state index in [1.165, 1.54) is 0 Å². The summed E-state index contributed by atoms with van der Waals surface area (Å²) in [5.74, 6) is 2.81. The first-order chi connectivity index (χ1) is 6.88. The molecule has 0 unspecified atom stereocenters. The van der Waals surface area contributed by atoms with Gasteiger partial charge in [0.15, 0.2) is 5.76 Å². The lowest BCUT2D eigenvalue weighted by molar-refractivity contribution is 0.163. The molecule has 0 aromatic rings. The van der Waals surface area contributed by atoms with E-state index >= 15 is 0 Å². The summed E-state index contributed by atoms with van der Waals surface area (Å²) in [7, 11) is 0. The molecule has 1 heterocycles. The van der Waals surface area contributed by atoms with Crippen LogP contribution in [0.5, 0.6) is 0 Å². The molecule has 14 heavy (non-hydrogen) atoms. The molecule has 2 nitrogen and oxygen atoms in total. The van der Waals surface area contributed by atoms with Gasteiger partial charge in [0.2, 0.25) is 0 Å². The summed E-state index contributed by atoms with van der Waals surface area (Å²) < 4.78 is 11.2. The monoisotopic (exact) mass is 214 g/mol. The summed E-state index contributed by atoms with van der Waals surface area (Å²) >= 11 is 1.75. The third-order valence-electron chi connectivity index (χ3n) is 1.75. The fraction of sp³-hybridized carbons (Fsp3) is 0.636. The normalized spacial score (nSPS) is 15.9. The summed E-state index contributed by atoms with van der Waals surface area (Å²) in [4.78, 5) is 0.